The second-order valence-corrected chi connectivity index (χ2v) is 4.09. The average Bonchev–Trinajstić information content (AvgIpc) is 2.13. The van der Waals surface area contributed by atoms with E-state index in [2.05, 4.69) is 38.3 Å². The van der Waals surface area contributed by atoms with Crippen molar-refractivity contribution < 1.29 is 5.11 Å². The second kappa shape index (κ2) is 5.47. The van der Waals surface area contributed by atoms with E-state index in [9.17, 15) is 5.11 Å². The molecule has 0 radical (unpaired) electrons. The van der Waals surface area contributed by atoms with E-state index in [1.807, 2.05) is 0 Å². The Balaban J connectivity index is 2.90. The number of aromatic hydroxyl groups is 1. The summed E-state index contributed by atoms with van der Waals surface area (Å²) in [5.74, 6) is 0.203. The summed E-state index contributed by atoms with van der Waals surface area (Å²) in [6.07, 6.45) is 0.592. The maximum Gasteiger partial charge on any atom is 0.133 e. The normalized spacial score (nSPS) is 9.57. The number of phenols is 1. The monoisotopic (exact) mass is 291 g/mol. The highest BCUT2D eigenvalue weighted by Crippen LogP contribution is 2.31. The molecule has 0 fully saturated rings. The fourth-order valence-electron chi connectivity index (χ4n) is 1.03. The van der Waals surface area contributed by atoms with E-state index in [1.54, 1.807) is 12.1 Å². The van der Waals surface area contributed by atoms with Crippen LogP contribution in [0.5, 0.6) is 5.75 Å². The maximum absolute atomic E-state index is 9.63. The van der Waals surface area contributed by atoms with Crippen LogP contribution in [0.2, 0.25) is 5.02 Å². The number of halogens is 2. The minimum Gasteiger partial charge on any atom is -0.506 e. The topological polar surface area (TPSA) is 32.6 Å². The first-order chi connectivity index (χ1) is 6.65. The van der Waals surface area contributed by atoms with Gasteiger partial charge in [-0.3, -0.25) is 0 Å². The molecular weight excluding hydrogens is 286 g/mol. The number of thiocarbonyl (C=S) groups is 1. The molecule has 0 aliphatic rings. The molecule has 0 aliphatic heterocycles. The van der Waals surface area contributed by atoms with E-state index >= 15 is 0 Å². The van der Waals surface area contributed by atoms with Crippen LogP contribution in [0.1, 0.15) is 5.56 Å². The van der Waals surface area contributed by atoms with Gasteiger partial charge in [-0.2, -0.15) is 0 Å². The minimum atomic E-state index is 0.203. The van der Waals surface area contributed by atoms with E-state index in [0.717, 1.165) is 5.56 Å². The van der Waals surface area contributed by atoms with Crippen LogP contribution in [-0.4, -0.2) is 16.8 Å². The number of hydrogen-bond donors (Lipinski definition) is 1. The van der Waals surface area contributed by atoms with Gasteiger partial charge in [0.15, 0.2) is 0 Å². The van der Waals surface area contributed by atoms with Crippen molar-refractivity contribution in [3.8, 4) is 5.75 Å². The van der Waals surface area contributed by atoms with Crippen LogP contribution >= 0.6 is 39.7 Å². The molecule has 0 aromatic heterocycles. The minimum absolute atomic E-state index is 0.203. The van der Waals surface area contributed by atoms with Crippen molar-refractivity contribution in [3.05, 3.63) is 27.2 Å². The summed E-state index contributed by atoms with van der Waals surface area (Å²) >= 11 is 13.5. The van der Waals surface area contributed by atoms with Crippen molar-refractivity contribution in [1.29, 1.82) is 0 Å². The zero-order chi connectivity index (χ0) is 10.6. The third-order valence-corrected chi connectivity index (χ3v) is 2.62. The van der Waals surface area contributed by atoms with Gasteiger partial charge < -0.3 is 5.11 Å². The first-order valence-corrected chi connectivity index (χ1v) is 5.43. The molecule has 0 atom stereocenters. The van der Waals surface area contributed by atoms with E-state index in [1.165, 1.54) is 0 Å². The third kappa shape index (κ3) is 3.07. The van der Waals surface area contributed by atoms with Crippen molar-refractivity contribution in [3.63, 3.8) is 0 Å². The standard InChI is InChI=1S/C9H7BrClNOS/c10-8-4-7(11)3-6(9(8)13)1-2-12-5-14/h3-4,13H,1-2H2. The van der Waals surface area contributed by atoms with Crippen LogP contribution in [0.15, 0.2) is 21.6 Å². The van der Waals surface area contributed by atoms with Gasteiger partial charge in [0.05, 0.1) is 16.2 Å². The van der Waals surface area contributed by atoms with Crippen LogP contribution in [0.25, 0.3) is 0 Å². The molecule has 1 aromatic carbocycles. The van der Waals surface area contributed by atoms with E-state index in [-0.39, 0.29) is 5.75 Å². The lowest BCUT2D eigenvalue weighted by Gasteiger charge is -2.05. The lowest BCUT2D eigenvalue weighted by Crippen LogP contribution is -1.90. The van der Waals surface area contributed by atoms with Gasteiger partial charge >= 0.3 is 0 Å². The van der Waals surface area contributed by atoms with Gasteiger partial charge in [-0.15, -0.1) is 0 Å². The summed E-state index contributed by atoms with van der Waals surface area (Å²) in [5.41, 5.74) is 0.748. The highest BCUT2D eigenvalue weighted by molar-refractivity contribution is 9.10. The van der Waals surface area contributed by atoms with Gasteiger partial charge in [0.2, 0.25) is 0 Å². The van der Waals surface area contributed by atoms with Gasteiger partial charge in [0.25, 0.3) is 0 Å². The van der Waals surface area contributed by atoms with Crippen molar-refractivity contribution in [2.24, 2.45) is 4.99 Å². The molecule has 1 rings (SSSR count). The lowest BCUT2D eigenvalue weighted by atomic mass is 10.1. The predicted octanol–water partition coefficient (Wildman–Crippen LogP) is 3.45. The molecule has 0 amide bonds. The zero-order valence-corrected chi connectivity index (χ0v) is 10.3. The van der Waals surface area contributed by atoms with Gasteiger partial charge in [-0.25, -0.2) is 4.99 Å². The SMILES string of the molecule is Oc1c(Br)cc(Cl)cc1CCN=C=S. The Kier molecular flexibility index (Phi) is 4.55. The highest BCUT2D eigenvalue weighted by Gasteiger charge is 2.06. The van der Waals surface area contributed by atoms with Gasteiger partial charge in [0.1, 0.15) is 5.75 Å². The molecule has 0 bridgehead atoms. The van der Waals surface area contributed by atoms with Crippen molar-refractivity contribution in [2.75, 3.05) is 6.54 Å². The molecular formula is C9H7BrClNOS. The summed E-state index contributed by atoms with van der Waals surface area (Å²) in [4.78, 5) is 3.76. The number of rotatable bonds is 3. The molecule has 74 valence electrons. The molecule has 5 heteroatoms. The quantitative estimate of drug-likeness (QED) is 0.683. The maximum atomic E-state index is 9.63. The van der Waals surface area contributed by atoms with Crippen LogP contribution in [0.3, 0.4) is 0 Å². The fourth-order valence-corrected chi connectivity index (χ4v) is 2.00. The zero-order valence-electron chi connectivity index (χ0n) is 7.13. The second-order valence-electron chi connectivity index (χ2n) is 2.62. The molecule has 0 heterocycles. The highest BCUT2D eigenvalue weighted by atomic mass is 79.9. The molecule has 0 saturated heterocycles. The Morgan fingerprint density at radius 2 is 2.29 bits per heavy atom. The largest absolute Gasteiger partial charge is 0.506 e. The molecule has 0 aliphatic carbocycles. The van der Waals surface area contributed by atoms with Crippen LogP contribution < -0.4 is 0 Å². The van der Waals surface area contributed by atoms with Gasteiger partial charge in [-0.1, -0.05) is 11.6 Å². The lowest BCUT2D eigenvalue weighted by molar-refractivity contribution is 0.465. The van der Waals surface area contributed by atoms with E-state index in [4.69, 9.17) is 11.6 Å². The summed E-state index contributed by atoms with van der Waals surface area (Å²) in [6.45, 7) is 0.504. The van der Waals surface area contributed by atoms with Crippen LogP contribution in [-0.2, 0) is 6.42 Å². The summed E-state index contributed by atoms with van der Waals surface area (Å²) in [7, 11) is 0. The smallest absolute Gasteiger partial charge is 0.133 e. The molecule has 0 unspecified atom stereocenters. The molecule has 1 aromatic rings. The average molecular weight is 293 g/mol. The number of phenolic OH excluding ortho intramolecular Hbond substituents is 1. The number of isothiocyanates is 1. The Bertz CT molecular complexity index is 391. The van der Waals surface area contributed by atoms with Crippen molar-refractivity contribution in [2.45, 2.75) is 6.42 Å². The number of hydrogen-bond acceptors (Lipinski definition) is 3. The molecule has 1 N–H and O–H groups in total. The molecule has 2 nitrogen and oxygen atoms in total. The van der Waals surface area contributed by atoms with Crippen molar-refractivity contribution in [1.82, 2.24) is 0 Å². The molecule has 0 saturated carbocycles. The Morgan fingerprint density at radius 3 is 2.93 bits per heavy atom. The Labute approximate surface area is 101 Å². The number of nitrogens with zero attached hydrogens (tertiary/aromatic N) is 1. The Morgan fingerprint density at radius 1 is 1.57 bits per heavy atom. The summed E-state index contributed by atoms with van der Waals surface area (Å²) < 4.78 is 0.589. The number of aliphatic imine (C=N–C) groups is 1. The van der Waals surface area contributed by atoms with E-state index in [0.29, 0.717) is 22.5 Å². The van der Waals surface area contributed by atoms with Crippen LogP contribution in [0, 0.1) is 0 Å². The van der Waals surface area contributed by atoms with Gasteiger partial charge in [-0.05, 0) is 52.3 Å². The van der Waals surface area contributed by atoms with Crippen LogP contribution in [0.4, 0.5) is 0 Å². The third-order valence-electron chi connectivity index (χ3n) is 1.66. The first-order valence-electron chi connectivity index (χ1n) is 3.85. The molecule has 14 heavy (non-hydrogen) atoms. The first kappa shape index (κ1) is 11.7. The summed E-state index contributed by atoms with van der Waals surface area (Å²) in [5, 5.41) is 12.5. The predicted molar refractivity (Wildman–Crippen MR) is 64.4 cm³/mol. The fraction of sp³-hybridized carbons (Fsp3) is 0.222. The van der Waals surface area contributed by atoms with Crippen molar-refractivity contribution >= 4 is 44.9 Å². The Hall–Kier alpha value is -0.410. The molecule has 0 spiro atoms. The number of benzene rings is 1. The van der Waals surface area contributed by atoms with Gasteiger partial charge in [0, 0.05) is 5.02 Å². The summed E-state index contributed by atoms with van der Waals surface area (Å²) in [6, 6.07) is 3.35. The van der Waals surface area contributed by atoms with E-state index < -0.39 is 0 Å².